The molecule has 0 spiro atoms. The van der Waals surface area contributed by atoms with E-state index in [9.17, 15) is 13.2 Å². The third-order valence-electron chi connectivity index (χ3n) is 5.13. The maximum atomic E-state index is 12.4. The average Bonchev–Trinajstić information content (AvgIpc) is 2.69. The Morgan fingerprint density at radius 2 is 1.66 bits per heavy atom. The zero-order valence-electron chi connectivity index (χ0n) is 16.6. The number of benzene rings is 2. The van der Waals surface area contributed by atoms with Crippen molar-refractivity contribution in [2.24, 2.45) is 5.92 Å². The maximum absolute atomic E-state index is 12.4. The van der Waals surface area contributed by atoms with Gasteiger partial charge in [-0.3, -0.25) is 4.79 Å². The molecule has 3 rings (SSSR count). The van der Waals surface area contributed by atoms with Crippen molar-refractivity contribution in [2.75, 3.05) is 23.3 Å². The SMILES string of the molecule is CC1CCN(c2ccc(NC(=O)[C@H](C)NS(=O)(=O)c3ccc(Cl)cc3)cc2)CC1. The molecule has 2 N–H and O–H groups in total. The molecule has 0 aromatic heterocycles. The van der Waals surface area contributed by atoms with Crippen LogP contribution in [-0.2, 0) is 14.8 Å². The van der Waals surface area contributed by atoms with Crippen LogP contribution in [0.15, 0.2) is 53.4 Å². The Morgan fingerprint density at radius 1 is 1.07 bits per heavy atom. The lowest BCUT2D eigenvalue weighted by Crippen LogP contribution is -2.41. The standard InChI is InChI=1S/C21H26ClN3O3S/c1-15-11-13-25(14-12-15)19-7-5-18(6-8-19)23-21(26)16(2)24-29(27,28)20-9-3-17(22)4-10-20/h3-10,15-16,24H,11-14H2,1-2H3,(H,23,26)/t16-/m0/s1. The Labute approximate surface area is 177 Å². The van der Waals surface area contributed by atoms with Crippen LogP contribution in [0.3, 0.4) is 0 Å². The second kappa shape index (κ2) is 9.15. The average molecular weight is 436 g/mol. The summed E-state index contributed by atoms with van der Waals surface area (Å²) < 4.78 is 27.2. The summed E-state index contributed by atoms with van der Waals surface area (Å²) >= 11 is 5.79. The Balaban J connectivity index is 1.58. The molecule has 1 saturated heterocycles. The molecule has 6 nitrogen and oxygen atoms in total. The van der Waals surface area contributed by atoms with Crippen LogP contribution in [-0.4, -0.2) is 33.5 Å². The van der Waals surface area contributed by atoms with E-state index in [1.807, 2.05) is 24.3 Å². The van der Waals surface area contributed by atoms with Crippen molar-refractivity contribution in [3.05, 3.63) is 53.6 Å². The van der Waals surface area contributed by atoms with Gasteiger partial charge in [0.25, 0.3) is 0 Å². The molecule has 0 saturated carbocycles. The van der Waals surface area contributed by atoms with Gasteiger partial charge in [0.05, 0.1) is 10.9 Å². The Kier molecular flexibility index (Phi) is 6.82. The largest absolute Gasteiger partial charge is 0.372 e. The monoisotopic (exact) mass is 435 g/mol. The highest BCUT2D eigenvalue weighted by atomic mass is 35.5. The molecule has 2 aromatic carbocycles. The van der Waals surface area contributed by atoms with Gasteiger partial charge in [0.1, 0.15) is 0 Å². The number of anilines is 2. The third-order valence-corrected chi connectivity index (χ3v) is 6.94. The lowest BCUT2D eigenvalue weighted by molar-refractivity contribution is -0.117. The van der Waals surface area contributed by atoms with E-state index in [1.165, 1.54) is 44.0 Å². The zero-order valence-corrected chi connectivity index (χ0v) is 18.1. The second-order valence-electron chi connectivity index (χ2n) is 7.50. The molecule has 1 atom stereocenters. The van der Waals surface area contributed by atoms with Crippen molar-refractivity contribution in [1.29, 1.82) is 0 Å². The zero-order chi connectivity index (χ0) is 21.0. The van der Waals surface area contributed by atoms with Crippen molar-refractivity contribution in [3.8, 4) is 0 Å². The van der Waals surface area contributed by atoms with Gasteiger partial charge < -0.3 is 10.2 Å². The molecule has 0 aliphatic carbocycles. The topological polar surface area (TPSA) is 78.5 Å². The van der Waals surface area contributed by atoms with Crippen LogP contribution >= 0.6 is 11.6 Å². The molecular weight excluding hydrogens is 410 g/mol. The van der Waals surface area contributed by atoms with Gasteiger partial charge >= 0.3 is 0 Å². The summed E-state index contributed by atoms with van der Waals surface area (Å²) in [5, 5.41) is 3.20. The number of hydrogen-bond acceptors (Lipinski definition) is 4. The summed E-state index contributed by atoms with van der Waals surface area (Å²) in [4.78, 5) is 14.8. The van der Waals surface area contributed by atoms with Crippen LogP contribution < -0.4 is 14.9 Å². The molecular formula is C21H26ClN3O3S. The predicted molar refractivity (Wildman–Crippen MR) is 117 cm³/mol. The molecule has 156 valence electrons. The fraction of sp³-hybridized carbons (Fsp3) is 0.381. The quantitative estimate of drug-likeness (QED) is 0.721. The first kappa shape index (κ1) is 21.6. The van der Waals surface area contributed by atoms with Crippen LogP contribution in [0, 0.1) is 5.92 Å². The van der Waals surface area contributed by atoms with Crippen LogP contribution in [0.5, 0.6) is 0 Å². The number of sulfonamides is 1. The number of hydrogen-bond donors (Lipinski definition) is 2. The van der Waals surface area contributed by atoms with Crippen LogP contribution in [0.25, 0.3) is 0 Å². The van der Waals surface area contributed by atoms with E-state index in [0.29, 0.717) is 10.7 Å². The van der Waals surface area contributed by atoms with Crippen molar-refractivity contribution in [2.45, 2.75) is 37.6 Å². The highest BCUT2D eigenvalue weighted by molar-refractivity contribution is 7.89. The lowest BCUT2D eigenvalue weighted by Gasteiger charge is -2.32. The van der Waals surface area contributed by atoms with Crippen LogP contribution in [0.2, 0.25) is 5.02 Å². The minimum Gasteiger partial charge on any atom is -0.372 e. The minimum absolute atomic E-state index is 0.0572. The summed E-state index contributed by atoms with van der Waals surface area (Å²) in [7, 11) is -3.82. The third kappa shape index (κ3) is 5.72. The summed E-state index contributed by atoms with van der Waals surface area (Å²) in [6.45, 7) is 5.86. The number of carbonyl (C=O) groups is 1. The molecule has 1 amide bonds. The number of amides is 1. The van der Waals surface area contributed by atoms with Crippen molar-refractivity contribution >= 4 is 38.9 Å². The fourth-order valence-corrected chi connectivity index (χ4v) is 4.57. The van der Waals surface area contributed by atoms with Crippen LogP contribution in [0.4, 0.5) is 11.4 Å². The maximum Gasteiger partial charge on any atom is 0.242 e. The first-order chi connectivity index (χ1) is 13.7. The molecule has 2 aromatic rings. The van der Waals surface area contributed by atoms with Gasteiger partial charge in [0.2, 0.25) is 15.9 Å². The number of nitrogens with one attached hydrogen (secondary N) is 2. The molecule has 1 fully saturated rings. The van der Waals surface area contributed by atoms with Gasteiger partial charge in [-0.25, -0.2) is 8.42 Å². The lowest BCUT2D eigenvalue weighted by atomic mass is 9.99. The highest BCUT2D eigenvalue weighted by Gasteiger charge is 2.22. The smallest absolute Gasteiger partial charge is 0.242 e. The van der Waals surface area contributed by atoms with E-state index in [2.05, 4.69) is 21.9 Å². The number of piperidine rings is 1. The van der Waals surface area contributed by atoms with Gasteiger partial charge in [0.15, 0.2) is 0 Å². The number of halogens is 1. The highest BCUT2D eigenvalue weighted by Crippen LogP contribution is 2.24. The molecule has 0 bridgehead atoms. The van der Waals surface area contributed by atoms with E-state index in [0.717, 1.165) is 24.7 Å². The first-order valence-electron chi connectivity index (χ1n) is 9.68. The Bertz CT molecular complexity index is 938. The fourth-order valence-electron chi connectivity index (χ4n) is 3.24. The molecule has 1 heterocycles. The summed E-state index contributed by atoms with van der Waals surface area (Å²) in [6, 6.07) is 12.5. The molecule has 0 radical (unpaired) electrons. The molecule has 1 aliphatic rings. The van der Waals surface area contributed by atoms with Gasteiger partial charge in [-0.2, -0.15) is 4.72 Å². The first-order valence-corrected chi connectivity index (χ1v) is 11.5. The van der Waals surface area contributed by atoms with Crippen molar-refractivity contribution in [1.82, 2.24) is 4.72 Å². The van der Waals surface area contributed by atoms with Crippen molar-refractivity contribution < 1.29 is 13.2 Å². The number of nitrogens with zero attached hydrogens (tertiary/aromatic N) is 1. The number of carbonyl (C=O) groups excluding carboxylic acids is 1. The van der Waals surface area contributed by atoms with Crippen molar-refractivity contribution in [3.63, 3.8) is 0 Å². The van der Waals surface area contributed by atoms with Gasteiger partial charge in [-0.1, -0.05) is 18.5 Å². The van der Waals surface area contributed by atoms with Crippen LogP contribution in [0.1, 0.15) is 26.7 Å². The van der Waals surface area contributed by atoms with E-state index in [-0.39, 0.29) is 4.90 Å². The van der Waals surface area contributed by atoms with Gasteiger partial charge in [-0.15, -0.1) is 0 Å². The van der Waals surface area contributed by atoms with E-state index < -0.39 is 22.0 Å². The summed E-state index contributed by atoms with van der Waals surface area (Å²) in [5.74, 6) is 0.338. The van der Waals surface area contributed by atoms with E-state index >= 15 is 0 Å². The van der Waals surface area contributed by atoms with E-state index in [4.69, 9.17) is 11.6 Å². The van der Waals surface area contributed by atoms with E-state index in [1.54, 1.807) is 0 Å². The minimum atomic E-state index is -3.82. The summed E-state index contributed by atoms with van der Waals surface area (Å²) in [5.41, 5.74) is 1.76. The normalized spacial score (nSPS) is 16.4. The van der Waals surface area contributed by atoms with Gasteiger partial charge in [0, 0.05) is 29.5 Å². The number of rotatable bonds is 6. The molecule has 1 aliphatic heterocycles. The Hall–Kier alpha value is -2.09. The summed E-state index contributed by atoms with van der Waals surface area (Å²) in [6.07, 6.45) is 2.37. The molecule has 29 heavy (non-hydrogen) atoms. The molecule has 0 unspecified atom stereocenters. The predicted octanol–water partition coefficient (Wildman–Crippen LogP) is 3.88. The Morgan fingerprint density at radius 3 is 2.24 bits per heavy atom. The molecule has 8 heteroatoms. The second-order valence-corrected chi connectivity index (χ2v) is 9.65. The van der Waals surface area contributed by atoms with Gasteiger partial charge in [-0.05, 0) is 74.2 Å².